The molecule has 0 saturated heterocycles. The molecule has 0 N–H and O–H groups in total. The Morgan fingerprint density at radius 1 is 0.526 bits per heavy atom. The number of ether oxygens (including phenoxy) is 3. The first-order valence-electron chi connectivity index (χ1n) is 23.9. The van der Waals surface area contributed by atoms with Crippen molar-refractivity contribution in [3.05, 3.63) is 24.3 Å². The zero-order valence-electron chi connectivity index (χ0n) is 38.0. The highest BCUT2D eigenvalue weighted by Crippen LogP contribution is 2.16. The molecule has 0 aliphatic heterocycles. The van der Waals surface area contributed by atoms with Crippen molar-refractivity contribution in [3.8, 4) is 0 Å². The van der Waals surface area contributed by atoms with E-state index in [0.29, 0.717) is 12.8 Å². The van der Waals surface area contributed by atoms with Crippen LogP contribution in [0, 0.1) is 0 Å². The Labute approximate surface area is 351 Å². The summed E-state index contributed by atoms with van der Waals surface area (Å²) < 4.78 is 17.1. The number of carbonyl (C=O) groups excluding carboxylic acids is 3. The van der Waals surface area contributed by atoms with Crippen molar-refractivity contribution in [2.45, 2.75) is 231 Å². The number of nitrogens with zero attached hydrogens (tertiary/aromatic N) is 1. The van der Waals surface area contributed by atoms with E-state index < -0.39 is 18.1 Å². The van der Waals surface area contributed by atoms with Gasteiger partial charge < -0.3 is 28.6 Å². The first-order chi connectivity index (χ1) is 27.6. The molecule has 0 saturated carbocycles. The monoisotopic (exact) mass is 806 g/mol. The molecule has 0 bridgehead atoms. The van der Waals surface area contributed by atoms with E-state index in [1.165, 1.54) is 148 Å². The number of aliphatic carboxylic acids is 1. The van der Waals surface area contributed by atoms with Crippen LogP contribution in [0.5, 0.6) is 0 Å². The maximum atomic E-state index is 12.7. The topological polar surface area (TPSA) is 102 Å². The molecule has 0 aromatic rings. The second kappa shape index (κ2) is 40.6. The van der Waals surface area contributed by atoms with E-state index in [1.54, 1.807) is 21.1 Å². The third kappa shape index (κ3) is 39.1. The van der Waals surface area contributed by atoms with Gasteiger partial charge in [0, 0.05) is 19.3 Å². The van der Waals surface area contributed by atoms with Crippen LogP contribution in [0.4, 0.5) is 0 Å². The lowest BCUT2D eigenvalue weighted by atomic mass is 10.0. The molecule has 8 heteroatoms. The number of esters is 2. The minimum absolute atomic E-state index is 0.0223. The molecular formula is C49H91NO7. The van der Waals surface area contributed by atoms with Gasteiger partial charge in [0.15, 0.2) is 6.10 Å². The van der Waals surface area contributed by atoms with Crippen LogP contribution in [0.25, 0.3) is 0 Å². The van der Waals surface area contributed by atoms with E-state index in [0.717, 1.165) is 32.1 Å². The molecule has 0 aliphatic rings. The molecule has 0 radical (unpaired) electrons. The van der Waals surface area contributed by atoms with Crippen LogP contribution in [0.15, 0.2) is 24.3 Å². The number of hydrogen-bond donors (Lipinski definition) is 0. The van der Waals surface area contributed by atoms with Crippen molar-refractivity contribution in [2.75, 3.05) is 41.0 Å². The molecule has 2 atom stereocenters. The third-order valence-electron chi connectivity index (χ3n) is 10.9. The molecule has 334 valence electrons. The van der Waals surface area contributed by atoms with E-state index in [-0.39, 0.29) is 49.1 Å². The largest absolute Gasteiger partial charge is 0.544 e. The fourth-order valence-electron chi connectivity index (χ4n) is 7.13. The molecule has 57 heavy (non-hydrogen) atoms. The first kappa shape index (κ1) is 54.8. The van der Waals surface area contributed by atoms with Crippen molar-refractivity contribution in [3.63, 3.8) is 0 Å². The van der Waals surface area contributed by atoms with E-state index in [9.17, 15) is 19.5 Å². The molecule has 0 amide bonds. The van der Waals surface area contributed by atoms with Crippen LogP contribution in [0.1, 0.15) is 219 Å². The predicted octanol–water partition coefficient (Wildman–Crippen LogP) is 11.9. The fourth-order valence-corrected chi connectivity index (χ4v) is 7.13. The minimum Gasteiger partial charge on any atom is -0.544 e. The Balaban J connectivity index is 4.26. The van der Waals surface area contributed by atoms with E-state index in [4.69, 9.17) is 14.2 Å². The Kier molecular flexibility index (Phi) is 39.0. The van der Waals surface area contributed by atoms with Crippen LogP contribution in [0.3, 0.4) is 0 Å². The van der Waals surface area contributed by atoms with Gasteiger partial charge >= 0.3 is 11.9 Å². The summed E-state index contributed by atoms with van der Waals surface area (Å²) in [5.41, 5.74) is 0. The Morgan fingerprint density at radius 3 is 1.42 bits per heavy atom. The molecule has 0 rings (SSSR count). The van der Waals surface area contributed by atoms with Gasteiger partial charge in [-0.15, -0.1) is 0 Å². The van der Waals surface area contributed by atoms with E-state index in [2.05, 4.69) is 32.1 Å². The summed E-state index contributed by atoms with van der Waals surface area (Å²) in [7, 11) is 5.40. The lowest BCUT2D eigenvalue weighted by Crippen LogP contribution is -2.55. The van der Waals surface area contributed by atoms with Gasteiger partial charge in [-0.1, -0.05) is 192 Å². The fraction of sp³-hybridized carbons (Fsp3) is 0.857. The average Bonchev–Trinajstić information content (AvgIpc) is 3.17. The number of rotatable bonds is 43. The van der Waals surface area contributed by atoms with Crippen LogP contribution in [0.2, 0.25) is 0 Å². The normalized spacial score (nSPS) is 13.1. The van der Waals surface area contributed by atoms with Gasteiger partial charge in [-0.2, -0.15) is 0 Å². The second-order valence-corrected chi connectivity index (χ2v) is 17.4. The van der Waals surface area contributed by atoms with Gasteiger partial charge in [0.25, 0.3) is 0 Å². The second-order valence-electron chi connectivity index (χ2n) is 17.4. The summed E-state index contributed by atoms with van der Waals surface area (Å²) in [6.45, 7) is 4.62. The van der Waals surface area contributed by atoms with Gasteiger partial charge in [-0.3, -0.25) is 9.59 Å². The zero-order chi connectivity index (χ0) is 42.1. The van der Waals surface area contributed by atoms with Gasteiger partial charge in [-0.05, 0) is 32.1 Å². The molecule has 0 aromatic heterocycles. The Bertz CT molecular complexity index is 989. The van der Waals surface area contributed by atoms with Gasteiger partial charge in [-0.25, -0.2) is 0 Å². The van der Waals surface area contributed by atoms with E-state index >= 15 is 0 Å². The number of allylic oxidation sites excluding steroid dienone is 4. The summed E-state index contributed by atoms with van der Waals surface area (Å²) in [6.07, 6.45) is 45.1. The predicted molar refractivity (Wildman–Crippen MR) is 236 cm³/mol. The molecule has 0 fully saturated rings. The molecule has 8 nitrogen and oxygen atoms in total. The smallest absolute Gasteiger partial charge is 0.306 e. The first-order valence-corrected chi connectivity index (χ1v) is 23.9. The van der Waals surface area contributed by atoms with Crippen molar-refractivity contribution < 1.29 is 38.2 Å². The van der Waals surface area contributed by atoms with Crippen molar-refractivity contribution in [1.29, 1.82) is 0 Å². The Hall–Kier alpha value is -2.19. The summed E-state index contributed by atoms with van der Waals surface area (Å²) in [6, 6.07) is -0.731. The highest BCUT2D eigenvalue weighted by molar-refractivity contribution is 5.70. The lowest BCUT2D eigenvalue weighted by molar-refractivity contribution is -0.889. The van der Waals surface area contributed by atoms with Crippen molar-refractivity contribution in [1.82, 2.24) is 0 Å². The molecule has 2 unspecified atom stereocenters. The zero-order valence-corrected chi connectivity index (χ0v) is 38.0. The van der Waals surface area contributed by atoms with Gasteiger partial charge in [0.2, 0.25) is 0 Å². The molecule has 0 aromatic carbocycles. The number of likely N-dealkylation sites (N-methyl/N-ethyl adjacent to an activating group) is 1. The van der Waals surface area contributed by atoms with Crippen LogP contribution >= 0.6 is 0 Å². The molecule has 0 aliphatic carbocycles. The SMILES string of the molecule is CCCCCCCC/C=C/C/C=C/CCC(=O)OC(COCCC(C(=O)[O-])[N+](C)(C)C)COC(=O)CCCCCCCCCCCCCCCCCCCCCC. The average molecular weight is 806 g/mol. The van der Waals surface area contributed by atoms with Crippen molar-refractivity contribution in [2.24, 2.45) is 0 Å². The highest BCUT2D eigenvalue weighted by atomic mass is 16.6. The van der Waals surface area contributed by atoms with Gasteiger partial charge in [0.05, 0.1) is 40.3 Å². The third-order valence-corrected chi connectivity index (χ3v) is 10.9. The maximum Gasteiger partial charge on any atom is 0.306 e. The minimum atomic E-state index is -1.13. The van der Waals surface area contributed by atoms with Crippen LogP contribution in [-0.2, 0) is 28.6 Å². The number of hydrogen-bond acceptors (Lipinski definition) is 7. The van der Waals surface area contributed by atoms with Crippen LogP contribution in [-0.4, -0.2) is 75.5 Å². The van der Waals surface area contributed by atoms with E-state index in [1.807, 2.05) is 6.08 Å². The Morgan fingerprint density at radius 2 is 0.965 bits per heavy atom. The molecular weight excluding hydrogens is 715 g/mol. The highest BCUT2D eigenvalue weighted by Gasteiger charge is 2.25. The standard InChI is InChI=1S/C49H91NO7/c1-6-8-10-12-14-16-18-20-21-22-23-24-25-26-28-29-31-33-35-37-39-47(51)56-44-45(43-55-42-41-46(49(53)54)50(3,4)5)57-48(52)40-38-36-34-32-30-27-19-17-15-13-11-9-7-2/h27,30,34,36,45-46H,6-26,28-29,31-33,35,37-44H2,1-5H3/b30-27+,36-34+. The maximum absolute atomic E-state index is 12.7. The summed E-state index contributed by atoms with van der Waals surface area (Å²) in [5.74, 6) is -1.81. The molecule has 0 heterocycles. The number of carboxylic acid groups (broad SMARTS) is 1. The van der Waals surface area contributed by atoms with Gasteiger partial charge in [0.1, 0.15) is 12.6 Å². The summed E-state index contributed by atoms with van der Waals surface area (Å²) in [5, 5.41) is 11.6. The number of carboxylic acids is 1. The molecule has 0 spiro atoms. The number of carbonyl (C=O) groups is 3. The number of quaternary nitrogens is 1. The summed E-state index contributed by atoms with van der Waals surface area (Å²) in [4.78, 5) is 36.8. The summed E-state index contributed by atoms with van der Waals surface area (Å²) >= 11 is 0. The van der Waals surface area contributed by atoms with Crippen molar-refractivity contribution >= 4 is 17.9 Å². The lowest BCUT2D eigenvalue weighted by Gasteiger charge is -2.34. The number of unbranched alkanes of at least 4 members (excludes halogenated alkanes) is 25. The quantitative estimate of drug-likeness (QED) is 0.0262. The van der Waals surface area contributed by atoms with Crippen LogP contribution < -0.4 is 5.11 Å².